The predicted molar refractivity (Wildman–Crippen MR) is 69.6 cm³/mol. The maximum atomic E-state index is 4.68. The van der Waals surface area contributed by atoms with Crippen LogP contribution >= 0.6 is 11.3 Å². The summed E-state index contributed by atoms with van der Waals surface area (Å²) < 4.78 is 0. The Hall–Kier alpha value is -1.19. The lowest BCUT2D eigenvalue weighted by Crippen LogP contribution is -2.33. The highest BCUT2D eigenvalue weighted by Gasteiger charge is 2.21. The molecule has 1 heterocycles. The first-order valence-corrected chi connectivity index (χ1v) is 6.22. The number of rotatable bonds is 3. The first kappa shape index (κ1) is 11.3. The normalized spacial score (nSPS) is 11.7. The van der Waals surface area contributed by atoms with Gasteiger partial charge in [-0.05, 0) is 20.9 Å². The molecule has 0 aliphatic carbocycles. The fourth-order valence-electron chi connectivity index (χ4n) is 1.40. The molecular weight excluding hydrogens is 216 g/mol. The third kappa shape index (κ3) is 2.15. The van der Waals surface area contributed by atoms with Crippen LogP contribution in [0.5, 0.6) is 0 Å². The Balaban J connectivity index is 2.34. The predicted octanol–water partition coefficient (Wildman–Crippen LogP) is 3.26. The highest BCUT2D eigenvalue weighted by Crippen LogP contribution is 2.28. The van der Waals surface area contributed by atoms with E-state index in [0.717, 1.165) is 10.7 Å². The first-order valence-electron chi connectivity index (χ1n) is 5.34. The van der Waals surface area contributed by atoms with Crippen LogP contribution in [-0.2, 0) is 5.54 Å². The second-order valence-electron chi connectivity index (χ2n) is 4.28. The number of nitrogens with zero attached hydrogens (tertiary/aromatic N) is 1. The topological polar surface area (TPSA) is 24.9 Å². The Bertz CT molecular complexity index is 460. The summed E-state index contributed by atoms with van der Waals surface area (Å²) >= 11 is 1.69. The third-order valence-electron chi connectivity index (χ3n) is 2.79. The standard InChI is InChI=1S/C13H16N2S/c1-13(2,14-3)11-9-16-12(15-11)10-7-5-4-6-8-10/h4-9,14H,1-3H3. The van der Waals surface area contributed by atoms with Gasteiger partial charge in [0.2, 0.25) is 0 Å². The van der Waals surface area contributed by atoms with E-state index in [1.165, 1.54) is 5.56 Å². The minimum Gasteiger partial charge on any atom is -0.310 e. The Morgan fingerprint density at radius 3 is 2.50 bits per heavy atom. The van der Waals surface area contributed by atoms with Crippen LogP contribution in [0.1, 0.15) is 19.5 Å². The van der Waals surface area contributed by atoms with Crippen LogP contribution < -0.4 is 5.32 Å². The Morgan fingerprint density at radius 2 is 1.88 bits per heavy atom. The van der Waals surface area contributed by atoms with Crippen molar-refractivity contribution < 1.29 is 0 Å². The average molecular weight is 232 g/mol. The molecule has 0 aliphatic heterocycles. The minimum atomic E-state index is -0.0659. The van der Waals surface area contributed by atoms with Gasteiger partial charge in [0, 0.05) is 10.9 Å². The van der Waals surface area contributed by atoms with Crippen molar-refractivity contribution >= 4 is 11.3 Å². The van der Waals surface area contributed by atoms with Gasteiger partial charge in [-0.3, -0.25) is 0 Å². The van der Waals surface area contributed by atoms with E-state index in [4.69, 9.17) is 0 Å². The maximum absolute atomic E-state index is 4.68. The van der Waals surface area contributed by atoms with Gasteiger partial charge in [0.15, 0.2) is 0 Å². The molecule has 2 nitrogen and oxygen atoms in total. The van der Waals surface area contributed by atoms with E-state index >= 15 is 0 Å². The van der Waals surface area contributed by atoms with Gasteiger partial charge in [-0.25, -0.2) is 4.98 Å². The lowest BCUT2D eigenvalue weighted by Gasteiger charge is -2.21. The third-order valence-corrected chi connectivity index (χ3v) is 3.68. The molecule has 2 aromatic rings. The molecule has 0 atom stereocenters. The molecule has 0 amide bonds. The Morgan fingerprint density at radius 1 is 1.19 bits per heavy atom. The van der Waals surface area contributed by atoms with Crippen LogP contribution in [0.3, 0.4) is 0 Å². The molecular formula is C13H16N2S. The molecule has 1 N–H and O–H groups in total. The van der Waals surface area contributed by atoms with Crippen molar-refractivity contribution in [2.75, 3.05) is 7.05 Å². The molecule has 3 heteroatoms. The molecule has 1 aromatic heterocycles. The van der Waals surface area contributed by atoms with Crippen LogP contribution in [0, 0.1) is 0 Å². The summed E-state index contributed by atoms with van der Waals surface area (Å²) in [5.74, 6) is 0. The molecule has 0 unspecified atom stereocenters. The van der Waals surface area contributed by atoms with Crippen molar-refractivity contribution in [1.29, 1.82) is 0 Å². The highest BCUT2D eigenvalue weighted by molar-refractivity contribution is 7.13. The number of thiazole rings is 1. The summed E-state index contributed by atoms with van der Waals surface area (Å²) in [6.45, 7) is 4.27. The monoisotopic (exact) mass is 232 g/mol. The summed E-state index contributed by atoms with van der Waals surface area (Å²) in [4.78, 5) is 4.68. The molecule has 0 fully saturated rings. The van der Waals surface area contributed by atoms with Crippen LogP contribution in [0.25, 0.3) is 10.6 Å². The van der Waals surface area contributed by atoms with Gasteiger partial charge in [-0.15, -0.1) is 11.3 Å². The lowest BCUT2D eigenvalue weighted by atomic mass is 10.0. The van der Waals surface area contributed by atoms with Crippen LogP contribution in [0.15, 0.2) is 35.7 Å². The zero-order valence-electron chi connectivity index (χ0n) is 9.82. The van der Waals surface area contributed by atoms with Gasteiger partial charge >= 0.3 is 0 Å². The van der Waals surface area contributed by atoms with Crippen molar-refractivity contribution in [1.82, 2.24) is 10.3 Å². The lowest BCUT2D eigenvalue weighted by molar-refractivity contribution is 0.434. The SMILES string of the molecule is CNC(C)(C)c1csc(-c2ccccc2)n1. The second-order valence-corrected chi connectivity index (χ2v) is 5.14. The fraction of sp³-hybridized carbons (Fsp3) is 0.308. The number of hydrogen-bond acceptors (Lipinski definition) is 3. The van der Waals surface area contributed by atoms with E-state index in [1.54, 1.807) is 11.3 Å². The van der Waals surface area contributed by atoms with E-state index in [-0.39, 0.29) is 5.54 Å². The molecule has 0 saturated carbocycles. The molecule has 16 heavy (non-hydrogen) atoms. The molecule has 0 bridgehead atoms. The quantitative estimate of drug-likeness (QED) is 0.878. The van der Waals surface area contributed by atoms with Crippen molar-refractivity contribution in [3.05, 3.63) is 41.4 Å². The van der Waals surface area contributed by atoms with E-state index < -0.39 is 0 Å². The van der Waals surface area contributed by atoms with Crippen molar-refractivity contribution in [2.45, 2.75) is 19.4 Å². The van der Waals surface area contributed by atoms with Gasteiger partial charge in [-0.2, -0.15) is 0 Å². The molecule has 2 rings (SSSR count). The van der Waals surface area contributed by atoms with Crippen LogP contribution in [0.4, 0.5) is 0 Å². The minimum absolute atomic E-state index is 0.0659. The van der Waals surface area contributed by atoms with E-state index in [1.807, 2.05) is 25.2 Å². The van der Waals surface area contributed by atoms with Gasteiger partial charge in [-0.1, -0.05) is 30.3 Å². The number of benzene rings is 1. The maximum Gasteiger partial charge on any atom is 0.123 e. The van der Waals surface area contributed by atoms with Gasteiger partial charge < -0.3 is 5.32 Å². The van der Waals surface area contributed by atoms with E-state index in [9.17, 15) is 0 Å². The molecule has 0 saturated heterocycles. The molecule has 0 aliphatic rings. The van der Waals surface area contributed by atoms with Crippen molar-refractivity contribution in [3.8, 4) is 10.6 Å². The first-order chi connectivity index (χ1) is 7.63. The molecule has 0 radical (unpaired) electrons. The number of hydrogen-bond donors (Lipinski definition) is 1. The average Bonchev–Trinajstić information content (AvgIpc) is 2.80. The number of aromatic nitrogens is 1. The van der Waals surface area contributed by atoms with E-state index in [2.05, 4.69) is 41.7 Å². The van der Waals surface area contributed by atoms with Crippen molar-refractivity contribution in [2.24, 2.45) is 0 Å². The van der Waals surface area contributed by atoms with Crippen LogP contribution in [-0.4, -0.2) is 12.0 Å². The summed E-state index contributed by atoms with van der Waals surface area (Å²) in [6.07, 6.45) is 0. The summed E-state index contributed by atoms with van der Waals surface area (Å²) in [5, 5.41) is 6.47. The van der Waals surface area contributed by atoms with Crippen molar-refractivity contribution in [3.63, 3.8) is 0 Å². The Kier molecular flexibility index (Phi) is 3.08. The van der Waals surface area contributed by atoms with Crippen LogP contribution in [0.2, 0.25) is 0 Å². The molecule has 0 spiro atoms. The van der Waals surface area contributed by atoms with Gasteiger partial charge in [0.25, 0.3) is 0 Å². The van der Waals surface area contributed by atoms with E-state index in [0.29, 0.717) is 0 Å². The largest absolute Gasteiger partial charge is 0.310 e. The smallest absolute Gasteiger partial charge is 0.123 e. The highest BCUT2D eigenvalue weighted by atomic mass is 32.1. The van der Waals surface area contributed by atoms with Gasteiger partial charge in [0.1, 0.15) is 5.01 Å². The number of nitrogens with one attached hydrogen (secondary N) is 1. The fourth-order valence-corrected chi connectivity index (χ4v) is 2.40. The zero-order chi connectivity index (χ0) is 11.6. The molecule has 1 aromatic carbocycles. The summed E-state index contributed by atoms with van der Waals surface area (Å²) in [6, 6.07) is 10.3. The van der Waals surface area contributed by atoms with Gasteiger partial charge in [0.05, 0.1) is 11.2 Å². The Labute approximate surface area is 100 Å². The zero-order valence-corrected chi connectivity index (χ0v) is 10.6. The second kappa shape index (κ2) is 4.36. The molecule has 84 valence electrons. The summed E-state index contributed by atoms with van der Waals surface area (Å²) in [5.41, 5.74) is 2.22. The summed E-state index contributed by atoms with van der Waals surface area (Å²) in [7, 11) is 1.96.